The third kappa shape index (κ3) is 8.01. The number of aryl methyl sites for hydroxylation is 3. The lowest BCUT2D eigenvalue weighted by Crippen LogP contribution is -2.56. The molecule has 0 radical (unpaired) electrons. The predicted molar refractivity (Wildman–Crippen MR) is 175 cm³/mol. The summed E-state index contributed by atoms with van der Waals surface area (Å²) in [6.45, 7) is 22.5. The summed E-state index contributed by atoms with van der Waals surface area (Å²) >= 11 is 0. The van der Waals surface area contributed by atoms with Gasteiger partial charge >= 0.3 is 7.12 Å². The molecule has 1 saturated heterocycles. The quantitative estimate of drug-likeness (QED) is 0.227. The first-order valence-electron chi connectivity index (χ1n) is 15.7. The Kier molecular flexibility index (Phi) is 10.8. The summed E-state index contributed by atoms with van der Waals surface area (Å²) < 4.78 is 18.1. The molecule has 1 aliphatic heterocycles. The van der Waals surface area contributed by atoms with Crippen LogP contribution in [0.1, 0.15) is 118 Å². The lowest BCUT2D eigenvalue weighted by atomic mass is 9.81. The van der Waals surface area contributed by atoms with Crippen molar-refractivity contribution in [3.8, 4) is 5.75 Å². The molecule has 2 aromatic rings. The van der Waals surface area contributed by atoms with Crippen molar-refractivity contribution in [2.75, 3.05) is 7.11 Å². The third-order valence-corrected chi connectivity index (χ3v) is 8.91. The second kappa shape index (κ2) is 13.4. The van der Waals surface area contributed by atoms with Crippen LogP contribution in [0.3, 0.4) is 0 Å². The van der Waals surface area contributed by atoms with Crippen molar-refractivity contribution in [2.45, 2.75) is 125 Å². The molecular weight excluding hydrogens is 539 g/mol. The Morgan fingerprint density at radius 2 is 1.58 bits per heavy atom. The van der Waals surface area contributed by atoms with Gasteiger partial charge in [0.25, 0.3) is 11.8 Å². The standard InChI is InChI=1S/C35H53BN2O5/c1-13-15-29(33(5,6)7)38(32(40)27-21-23(2)20-24(3)22-27)37-31(39)28-18-17-26(30(41-12)25(28)4)16-14-19-36-42-34(8,9)35(10,11)43-36/h17-18,20-22,29H,13-16,19H2,1-12H3,(H,37,39). The fraction of sp³-hybridized carbons (Fsp3) is 0.600. The molecule has 2 amide bonds. The highest BCUT2D eigenvalue weighted by molar-refractivity contribution is 6.45. The summed E-state index contributed by atoms with van der Waals surface area (Å²) in [6, 6.07) is 9.39. The molecule has 7 nitrogen and oxygen atoms in total. The molecule has 3 rings (SSSR count). The van der Waals surface area contributed by atoms with Crippen LogP contribution >= 0.6 is 0 Å². The summed E-state index contributed by atoms with van der Waals surface area (Å²) in [7, 11) is 1.39. The van der Waals surface area contributed by atoms with Crippen LogP contribution in [-0.2, 0) is 15.7 Å². The van der Waals surface area contributed by atoms with Crippen molar-refractivity contribution in [3.05, 3.63) is 63.7 Å². The van der Waals surface area contributed by atoms with E-state index >= 15 is 0 Å². The van der Waals surface area contributed by atoms with Gasteiger partial charge in [-0.1, -0.05) is 63.8 Å². The Morgan fingerprint density at radius 1 is 1.00 bits per heavy atom. The first kappa shape index (κ1) is 34.7. The molecule has 0 saturated carbocycles. The highest BCUT2D eigenvalue weighted by Crippen LogP contribution is 2.38. The van der Waals surface area contributed by atoms with E-state index < -0.39 is 0 Å². The minimum Gasteiger partial charge on any atom is -0.496 e. The largest absolute Gasteiger partial charge is 0.496 e. The number of hydrogen-bond acceptors (Lipinski definition) is 5. The van der Waals surface area contributed by atoms with Crippen molar-refractivity contribution in [3.63, 3.8) is 0 Å². The molecule has 1 aliphatic rings. The van der Waals surface area contributed by atoms with Gasteiger partial charge in [-0.15, -0.1) is 0 Å². The van der Waals surface area contributed by atoms with Gasteiger partial charge in [0.2, 0.25) is 0 Å². The van der Waals surface area contributed by atoms with Crippen molar-refractivity contribution in [1.82, 2.24) is 10.4 Å². The highest BCUT2D eigenvalue weighted by Gasteiger charge is 2.50. The van der Waals surface area contributed by atoms with E-state index in [4.69, 9.17) is 14.0 Å². The Bertz CT molecular complexity index is 1280. The molecule has 1 unspecified atom stereocenters. The van der Waals surface area contributed by atoms with E-state index in [0.29, 0.717) is 16.9 Å². The number of hydrogen-bond donors (Lipinski definition) is 1. The van der Waals surface area contributed by atoms with Crippen molar-refractivity contribution in [1.29, 1.82) is 0 Å². The maximum absolute atomic E-state index is 14.0. The van der Waals surface area contributed by atoms with Crippen LogP contribution in [0, 0.1) is 26.2 Å². The number of carbonyl (C=O) groups excluding carboxylic acids is 2. The maximum atomic E-state index is 14.0. The van der Waals surface area contributed by atoms with Crippen molar-refractivity contribution in [2.24, 2.45) is 5.41 Å². The van der Waals surface area contributed by atoms with Crippen LogP contribution in [0.2, 0.25) is 6.32 Å². The summed E-state index contributed by atoms with van der Waals surface area (Å²) in [4.78, 5) is 27.9. The maximum Gasteiger partial charge on any atom is 0.457 e. The molecule has 0 aliphatic carbocycles. The number of methoxy groups -OCH3 is 1. The monoisotopic (exact) mass is 592 g/mol. The molecule has 0 spiro atoms. The molecule has 0 bridgehead atoms. The average Bonchev–Trinajstić information content (AvgIpc) is 3.10. The van der Waals surface area contributed by atoms with Crippen LogP contribution < -0.4 is 10.2 Å². The summed E-state index contributed by atoms with van der Waals surface area (Å²) in [5.41, 5.74) is 6.89. The Labute approximate surface area is 260 Å². The summed E-state index contributed by atoms with van der Waals surface area (Å²) in [5.74, 6) is 0.148. The average molecular weight is 593 g/mol. The molecule has 1 N–H and O–H groups in total. The van der Waals surface area contributed by atoms with Gasteiger partial charge in [0.05, 0.1) is 24.4 Å². The van der Waals surface area contributed by atoms with Gasteiger partial charge < -0.3 is 14.0 Å². The highest BCUT2D eigenvalue weighted by atomic mass is 16.7. The van der Waals surface area contributed by atoms with Gasteiger partial charge in [0.1, 0.15) is 5.75 Å². The van der Waals surface area contributed by atoms with Crippen LogP contribution in [0.15, 0.2) is 30.3 Å². The van der Waals surface area contributed by atoms with E-state index in [1.165, 1.54) is 0 Å². The SMILES string of the molecule is CCCC(N(NC(=O)c1ccc(CCCB2OC(C)(C)C(C)(C)O2)c(OC)c1C)C(=O)c1cc(C)cc(C)c1)C(C)(C)C. The molecule has 236 valence electrons. The number of rotatable bonds is 10. The van der Waals surface area contributed by atoms with Gasteiger partial charge in [0.15, 0.2) is 0 Å². The number of benzene rings is 2. The first-order chi connectivity index (χ1) is 19.9. The molecule has 1 atom stereocenters. The van der Waals surface area contributed by atoms with Gasteiger partial charge in [-0.2, -0.15) is 0 Å². The minimum absolute atomic E-state index is 0.203. The van der Waals surface area contributed by atoms with Crippen molar-refractivity contribution >= 4 is 18.9 Å². The number of hydrazine groups is 1. The molecule has 8 heteroatoms. The normalized spacial score (nSPS) is 16.6. The number of nitrogens with zero attached hydrogens (tertiary/aromatic N) is 1. The zero-order valence-corrected chi connectivity index (χ0v) is 28.6. The number of nitrogens with one attached hydrogen (secondary N) is 1. The van der Waals surface area contributed by atoms with E-state index in [1.807, 2.05) is 51.1 Å². The zero-order chi connectivity index (χ0) is 32.3. The molecule has 2 aromatic carbocycles. The van der Waals surface area contributed by atoms with Gasteiger partial charge in [0, 0.05) is 16.7 Å². The second-order valence-electron chi connectivity index (χ2n) is 14.2. The van der Waals surface area contributed by atoms with E-state index in [2.05, 4.69) is 60.8 Å². The zero-order valence-electron chi connectivity index (χ0n) is 28.6. The van der Waals surface area contributed by atoms with Crippen LogP contribution in [0.4, 0.5) is 0 Å². The predicted octanol–water partition coefficient (Wildman–Crippen LogP) is 7.65. The molecule has 1 fully saturated rings. The molecule has 43 heavy (non-hydrogen) atoms. The Hall–Kier alpha value is -2.84. The number of carbonyl (C=O) groups is 2. The fourth-order valence-corrected chi connectivity index (χ4v) is 5.92. The van der Waals surface area contributed by atoms with Gasteiger partial charge in [-0.3, -0.25) is 15.0 Å². The van der Waals surface area contributed by atoms with Gasteiger partial charge in [-0.25, -0.2) is 5.01 Å². The van der Waals surface area contributed by atoms with Crippen LogP contribution in [0.25, 0.3) is 0 Å². The van der Waals surface area contributed by atoms with Crippen LogP contribution in [0.5, 0.6) is 5.75 Å². The topological polar surface area (TPSA) is 77.1 Å². The van der Waals surface area contributed by atoms with E-state index in [9.17, 15) is 9.59 Å². The fourth-order valence-electron chi connectivity index (χ4n) is 5.92. The molecular formula is C35H53BN2O5. The number of amides is 2. The van der Waals surface area contributed by atoms with E-state index in [0.717, 1.165) is 54.3 Å². The lowest BCUT2D eigenvalue weighted by Gasteiger charge is -2.40. The molecule has 0 aromatic heterocycles. The van der Waals surface area contributed by atoms with Gasteiger partial charge in [-0.05, 0) is 96.8 Å². The second-order valence-corrected chi connectivity index (χ2v) is 14.2. The smallest absolute Gasteiger partial charge is 0.457 e. The van der Waals surface area contributed by atoms with E-state index in [1.54, 1.807) is 12.1 Å². The van der Waals surface area contributed by atoms with Crippen LogP contribution in [-0.4, -0.2) is 48.3 Å². The van der Waals surface area contributed by atoms with Crippen molar-refractivity contribution < 1.29 is 23.6 Å². The summed E-state index contributed by atoms with van der Waals surface area (Å²) in [6.07, 6.45) is 4.00. The number of ether oxygens (including phenoxy) is 1. The minimum atomic E-state index is -0.350. The Morgan fingerprint density at radius 3 is 2.09 bits per heavy atom. The summed E-state index contributed by atoms with van der Waals surface area (Å²) in [5, 5.41) is 1.56. The first-order valence-corrected chi connectivity index (χ1v) is 15.7. The van der Waals surface area contributed by atoms with E-state index in [-0.39, 0.29) is 41.6 Å². The molecule has 1 heterocycles. The third-order valence-electron chi connectivity index (χ3n) is 8.91. The Balaban J connectivity index is 1.85. The lowest BCUT2D eigenvalue weighted by molar-refractivity contribution is 0.00578.